The predicted octanol–water partition coefficient (Wildman–Crippen LogP) is 3.37. The fraction of sp³-hybridized carbons (Fsp3) is 0. The van der Waals surface area contributed by atoms with E-state index in [-0.39, 0.29) is 0 Å². The molecule has 2 aromatic rings. The van der Waals surface area contributed by atoms with E-state index in [1.54, 1.807) is 12.1 Å². The number of benzene rings is 2. The van der Waals surface area contributed by atoms with Gasteiger partial charge in [0, 0.05) is 5.69 Å². The minimum absolute atomic E-state index is 0.303. The summed E-state index contributed by atoms with van der Waals surface area (Å²) >= 11 is 3.25. The van der Waals surface area contributed by atoms with Crippen molar-refractivity contribution in [2.45, 2.75) is 0 Å². The summed E-state index contributed by atoms with van der Waals surface area (Å²) in [7, 11) is 0. The molecule has 0 bridgehead atoms. The Balaban J connectivity index is 2.18. The summed E-state index contributed by atoms with van der Waals surface area (Å²) in [6, 6.07) is 18.5. The molecule has 0 saturated carbocycles. The molecule has 0 saturated heterocycles. The minimum atomic E-state index is -0.540. The molecular formula is C16H10BrNO2. The molecule has 3 rings (SSSR count). The number of halogens is 1. The monoisotopic (exact) mass is 327 g/mol. The summed E-state index contributed by atoms with van der Waals surface area (Å²) < 4.78 is 0.303. The minimum Gasteiger partial charge on any atom is -0.282 e. The average molecular weight is 328 g/mol. The van der Waals surface area contributed by atoms with E-state index < -0.39 is 11.7 Å². The molecule has 1 amide bonds. The zero-order valence-corrected chi connectivity index (χ0v) is 12.0. The first-order chi connectivity index (χ1) is 9.70. The van der Waals surface area contributed by atoms with Gasteiger partial charge in [-0.1, -0.05) is 48.5 Å². The summed E-state index contributed by atoms with van der Waals surface area (Å²) in [5.41, 5.74) is 2.09. The quantitative estimate of drug-likeness (QED) is 0.793. The van der Waals surface area contributed by atoms with Gasteiger partial charge >= 0.3 is 5.91 Å². The second-order valence-corrected chi connectivity index (χ2v) is 5.13. The first-order valence-electron chi connectivity index (χ1n) is 6.09. The van der Waals surface area contributed by atoms with Crippen molar-refractivity contribution in [3.8, 4) is 0 Å². The van der Waals surface area contributed by atoms with Crippen LogP contribution in [0.4, 0.5) is 5.69 Å². The predicted molar refractivity (Wildman–Crippen MR) is 81.2 cm³/mol. The van der Waals surface area contributed by atoms with Crippen LogP contribution in [0.1, 0.15) is 5.56 Å². The SMILES string of the molecule is O=C1C(=O)N(c2ccccc2)C(c2ccccc2)=C1Br. The number of carbonyl (C=O) groups is 2. The molecule has 0 N–H and O–H groups in total. The van der Waals surface area contributed by atoms with Crippen molar-refractivity contribution < 1.29 is 9.59 Å². The molecule has 1 heterocycles. The molecule has 0 spiro atoms. The molecule has 0 fully saturated rings. The number of ketones is 1. The summed E-state index contributed by atoms with van der Waals surface area (Å²) in [5, 5.41) is 0. The number of anilines is 1. The summed E-state index contributed by atoms with van der Waals surface area (Å²) in [4.78, 5) is 25.6. The van der Waals surface area contributed by atoms with Crippen molar-refractivity contribution in [1.29, 1.82) is 0 Å². The van der Waals surface area contributed by atoms with Crippen molar-refractivity contribution in [3.05, 3.63) is 70.7 Å². The Morgan fingerprint density at radius 2 is 1.35 bits per heavy atom. The van der Waals surface area contributed by atoms with E-state index in [0.29, 0.717) is 15.9 Å². The van der Waals surface area contributed by atoms with Gasteiger partial charge in [-0.2, -0.15) is 0 Å². The Hall–Kier alpha value is -2.20. The highest BCUT2D eigenvalue weighted by atomic mass is 79.9. The number of hydrogen-bond donors (Lipinski definition) is 0. The first kappa shape index (κ1) is 12.8. The first-order valence-corrected chi connectivity index (χ1v) is 6.88. The Morgan fingerprint density at radius 1 is 0.800 bits per heavy atom. The van der Waals surface area contributed by atoms with Crippen molar-refractivity contribution in [1.82, 2.24) is 0 Å². The largest absolute Gasteiger partial charge is 0.304 e. The Morgan fingerprint density at radius 3 is 1.95 bits per heavy atom. The van der Waals surface area contributed by atoms with Gasteiger partial charge in [-0.3, -0.25) is 14.5 Å². The van der Waals surface area contributed by atoms with Crippen LogP contribution in [0, 0.1) is 0 Å². The van der Waals surface area contributed by atoms with Crippen LogP contribution in [0.5, 0.6) is 0 Å². The van der Waals surface area contributed by atoms with Gasteiger partial charge in [0.2, 0.25) is 0 Å². The van der Waals surface area contributed by atoms with Gasteiger partial charge < -0.3 is 0 Å². The Bertz CT molecular complexity index is 708. The third kappa shape index (κ3) is 1.98. The van der Waals surface area contributed by atoms with Crippen LogP contribution in [-0.4, -0.2) is 11.7 Å². The average Bonchev–Trinajstić information content (AvgIpc) is 2.73. The lowest BCUT2D eigenvalue weighted by Gasteiger charge is -2.19. The van der Waals surface area contributed by atoms with E-state index in [2.05, 4.69) is 15.9 Å². The number of rotatable bonds is 2. The third-order valence-corrected chi connectivity index (χ3v) is 3.83. The molecule has 1 aliphatic heterocycles. The van der Waals surface area contributed by atoms with Crippen LogP contribution in [-0.2, 0) is 9.59 Å². The number of para-hydroxylation sites is 1. The van der Waals surface area contributed by atoms with Crippen LogP contribution in [0.25, 0.3) is 5.70 Å². The highest BCUT2D eigenvalue weighted by Crippen LogP contribution is 2.37. The van der Waals surface area contributed by atoms with Gasteiger partial charge in [-0.15, -0.1) is 0 Å². The maximum atomic E-state index is 12.2. The number of carbonyl (C=O) groups excluding carboxylic acids is 2. The van der Waals surface area contributed by atoms with E-state index in [1.165, 1.54) is 4.90 Å². The molecule has 0 aliphatic carbocycles. The van der Waals surface area contributed by atoms with Crippen molar-refractivity contribution >= 4 is 39.0 Å². The summed E-state index contributed by atoms with van der Waals surface area (Å²) in [6.07, 6.45) is 0. The Labute approximate surface area is 124 Å². The normalized spacial score (nSPS) is 15.2. The molecule has 0 unspecified atom stereocenters. The van der Waals surface area contributed by atoms with Gasteiger partial charge in [0.1, 0.15) is 0 Å². The van der Waals surface area contributed by atoms with Crippen LogP contribution >= 0.6 is 15.9 Å². The maximum Gasteiger partial charge on any atom is 0.304 e. The second kappa shape index (κ2) is 5.06. The van der Waals surface area contributed by atoms with Gasteiger partial charge in [0.25, 0.3) is 5.78 Å². The standard InChI is InChI=1S/C16H10BrNO2/c17-13-14(11-7-3-1-4-8-11)18(16(20)15(13)19)12-9-5-2-6-10-12/h1-10H. The molecule has 3 nitrogen and oxygen atoms in total. The van der Waals surface area contributed by atoms with Gasteiger partial charge in [0.15, 0.2) is 0 Å². The zero-order chi connectivity index (χ0) is 14.1. The summed E-state index contributed by atoms with van der Waals surface area (Å²) in [5.74, 6) is -1.06. The van der Waals surface area contributed by atoms with Crippen LogP contribution in [0.3, 0.4) is 0 Å². The third-order valence-electron chi connectivity index (χ3n) is 3.09. The highest BCUT2D eigenvalue weighted by molar-refractivity contribution is 9.12. The van der Waals surface area contributed by atoms with Crippen molar-refractivity contribution in [2.75, 3.05) is 4.90 Å². The maximum absolute atomic E-state index is 12.2. The second-order valence-electron chi connectivity index (χ2n) is 4.33. The van der Waals surface area contributed by atoms with Gasteiger partial charge in [-0.25, -0.2) is 0 Å². The van der Waals surface area contributed by atoms with Crippen molar-refractivity contribution in [3.63, 3.8) is 0 Å². The number of Topliss-reactive ketones (excluding diaryl/α,β-unsaturated/α-hetero) is 1. The number of amides is 1. The van der Waals surface area contributed by atoms with E-state index in [1.807, 2.05) is 48.5 Å². The molecule has 98 valence electrons. The molecule has 2 aromatic carbocycles. The van der Waals surface area contributed by atoms with Crippen molar-refractivity contribution in [2.24, 2.45) is 0 Å². The van der Waals surface area contributed by atoms with Crippen LogP contribution < -0.4 is 4.90 Å². The van der Waals surface area contributed by atoms with Crippen LogP contribution in [0.15, 0.2) is 65.1 Å². The molecular weight excluding hydrogens is 318 g/mol. The zero-order valence-electron chi connectivity index (χ0n) is 10.4. The van der Waals surface area contributed by atoms with Gasteiger partial charge in [-0.05, 0) is 33.6 Å². The molecule has 4 heteroatoms. The lowest BCUT2D eigenvalue weighted by atomic mass is 10.1. The van der Waals surface area contributed by atoms with E-state index in [4.69, 9.17) is 0 Å². The molecule has 1 aliphatic rings. The smallest absolute Gasteiger partial charge is 0.282 e. The fourth-order valence-corrected chi connectivity index (χ4v) is 2.75. The van der Waals surface area contributed by atoms with Crippen LogP contribution in [0.2, 0.25) is 0 Å². The van der Waals surface area contributed by atoms with E-state index in [9.17, 15) is 9.59 Å². The van der Waals surface area contributed by atoms with E-state index in [0.717, 1.165) is 5.56 Å². The lowest BCUT2D eigenvalue weighted by molar-refractivity contribution is -0.132. The highest BCUT2D eigenvalue weighted by Gasteiger charge is 2.38. The number of hydrogen-bond acceptors (Lipinski definition) is 2. The lowest BCUT2D eigenvalue weighted by Crippen LogP contribution is -2.28. The van der Waals surface area contributed by atoms with Gasteiger partial charge in [0.05, 0.1) is 10.2 Å². The number of nitrogens with zero attached hydrogens (tertiary/aromatic N) is 1. The topological polar surface area (TPSA) is 37.4 Å². The van der Waals surface area contributed by atoms with E-state index >= 15 is 0 Å². The fourth-order valence-electron chi connectivity index (χ4n) is 2.18. The molecule has 0 radical (unpaired) electrons. The summed E-state index contributed by atoms with van der Waals surface area (Å²) in [6.45, 7) is 0. The molecule has 0 atom stereocenters. The Kier molecular flexibility index (Phi) is 3.24. The molecule has 0 aromatic heterocycles. The molecule has 20 heavy (non-hydrogen) atoms.